The fourth-order valence-corrected chi connectivity index (χ4v) is 3.41. The molecule has 0 bridgehead atoms. The maximum Gasteiger partial charge on any atom is 0.313 e. The van der Waals surface area contributed by atoms with Gasteiger partial charge in [-0.05, 0) is 31.2 Å². The number of hydrogen-bond acceptors (Lipinski definition) is 3. The first-order valence-electron chi connectivity index (χ1n) is 6.99. The monoisotopic (exact) mass is 282 g/mol. The normalized spacial score (nSPS) is 16.4. The minimum absolute atomic E-state index is 0.111. The largest absolute Gasteiger partial charge is 0.481 e. The molecule has 1 aliphatic rings. The molecule has 0 amide bonds. The van der Waals surface area contributed by atoms with Crippen molar-refractivity contribution in [3.63, 3.8) is 0 Å². The van der Waals surface area contributed by atoms with Gasteiger partial charge in [0.25, 0.3) is 0 Å². The molecule has 1 fully saturated rings. The Morgan fingerprint density at radius 2 is 2.21 bits per heavy atom. The zero-order chi connectivity index (χ0) is 13.8. The van der Waals surface area contributed by atoms with Gasteiger partial charge in [0.2, 0.25) is 0 Å². The van der Waals surface area contributed by atoms with Crippen molar-refractivity contribution in [2.75, 3.05) is 5.75 Å². The number of carboxylic acid groups (broad SMARTS) is 1. The van der Waals surface area contributed by atoms with Gasteiger partial charge in [-0.3, -0.25) is 9.48 Å². The number of aromatic nitrogens is 2. The van der Waals surface area contributed by atoms with Crippen LogP contribution < -0.4 is 0 Å². The van der Waals surface area contributed by atoms with Crippen molar-refractivity contribution in [3.8, 4) is 0 Å². The first-order chi connectivity index (χ1) is 9.06. The highest BCUT2D eigenvalue weighted by Crippen LogP contribution is 2.33. The first kappa shape index (κ1) is 14.4. The number of nitrogens with zero attached hydrogens (tertiary/aromatic N) is 2. The maximum atomic E-state index is 10.7. The average Bonchev–Trinajstić information content (AvgIpc) is 2.93. The molecule has 4 nitrogen and oxygen atoms in total. The fraction of sp³-hybridized carbons (Fsp3) is 0.714. The predicted molar refractivity (Wildman–Crippen MR) is 76.6 cm³/mol. The number of hydrogen-bond donors (Lipinski definition) is 1. The van der Waals surface area contributed by atoms with Crippen LogP contribution in [0.1, 0.15) is 51.3 Å². The summed E-state index contributed by atoms with van der Waals surface area (Å²) >= 11 is 1.39. The van der Waals surface area contributed by atoms with Crippen molar-refractivity contribution in [1.82, 2.24) is 9.78 Å². The van der Waals surface area contributed by atoms with Crippen LogP contribution in [0.2, 0.25) is 0 Å². The average molecular weight is 282 g/mol. The van der Waals surface area contributed by atoms with Crippen molar-refractivity contribution in [2.45, 2.75) is 57.0 Å². The molecule has 1 heterocycles. The van der Waals surface area contributed by atoms with Crippen LogP contribution in [0.25, 0.3) is 0 Å². The minimum Gasteiger partial charge on any atom is -0.481 e. The quantitative estimate of drug-likeness (QED) is 0.813. The lowest BCUT2D eigenvalue weighted by molar-refractivity contribution is -0.133. The van der Waals surface area contributed by atoms with Gasteiger partial charge in [-0.1, -0.05) is 38.5 Å². The molecule has 0 unspecified atom stereocenters. The molecule has 5 heteroatoms. The summed E-state index contributed by atoms with van der Waals surface area (Å²) in [5.74, 6) is -0.0849. The van der Waals surface area contributed by atoms with Gasteiger partial charge in [-0.25, -0.2) is 0 Å². The number of carbonyl (C=O) groups is 1. The standard InChI is InChI=1S/C14H22N2O2S/c1-10(2)7-11-8-13(19-9-14(17)18)16(15-11)12-5-3-4-6-12/h8,10,12H,3-7,9H2,1-2H3,(H,17,18). The Kier molecular flexibility index (Phi) is 4.91. The van der Waals surface area contributed by atoms with E-state index in [4.69, 9.17) is 10.2 Å². The van der Waals surface area contributed by atoms with Crippen LogP contribution in [-0.2, 0) is 11.2 Å². The molecular weight excluding hydrogens is 260 g/mol. The molecule has 0 atom stereocenters. The summed E-state index contributed by atoms with van der Waals surface area (Å²) in [5, 5.41) is 14.6. The number of rotatable bonds is 6. The molecule has 1 aromatic heterocycles. The highest BCUT2D eigenvalue weighted by molar-refractivity contribution is 7.99. The molecule has 1 aromatic rings. The van der Waals surface area contributed by atoms with E-state index in [-0.39, 0.29) is 5.75 Å². The molecule has 0 radical (unpaired) electrons. The van der Waals surface area contributed by atoms with Crippen molar-refractivity contribution < 1.29 is 9.90 Å². The summed E-state index contributed by atoms with van der Waals surface area (Å²) in [5.41, 5.74) is 1.09. The molecular formula is C14H22N2O2S. The number of aliphatic carboxylic acids is 1. The molecule has 1 saturated carbocycles. The van der Waals surface area contributed by atoms with Crippen molar-refractivity contribution in [2.24, 2.45) is 5.92 Å². The van der Waals surface area contributed by atoms with Crippen molar-refractivity contribution in [3.05, 3.63) is 11.8 Å². The summed E-state index contributed by atoms with van der Waals surface area (Å²) in [6, 6.07) is 2.54. The van der Waals surface area contributed by atoms with E-state index >= 15 is 0 Å². The van der Waals surface area contributed by atoms with Gasteiger partial charge in [-0.15, -0.1) is 0 Å². The SMILES string of the molecule is CC(C)Cc1cc(SCC(=O)O)n(C2CCCC2)n1. The lowest BCUT2D eigenvalue weighted by atomic mass is 10.1. The number of thioether (sulfide) groups is 1. The van der Waals surface area contributed by atoms with Gasteiger partial charge < -0.3 is 5.11 Å². The van der Waals surface area contributed by atoms with E-state index in [1.807, 2.05) is 0 Å². The fourth-order valence-electron chi connectivity index (χ4n) is 2.60. The topological polar surface area (TPSA) is 55.1 Å². The Hall–Kier alpha value is -0.970. The van der Waals surface area contributed by atoms with Crippen molar-refractivity contribution in [1.29, 1.82) is 0 Å². The van der Waals surface area contributed by atoms with Gasteiger partial charge in [-0.2, -0.15) is 5.10 Å². The van der Waals surface area contributed by atoms with E-state index in [0.29, 0.717) is 12.0 Å². The van der Waals surface area contributed by atoms with Gasteiger partial charge in [0.05, 0.1) is 22.5 Å². The third-order valence-electron chi connectivity index (χ3n) is 3.38. The summed E-state index contributed by atoms with van der Waals surface area (Å²) < 4.78 is 2.08. The highest BCUT2D eigenvalue weighted by Gasteiger charge is 2.22. The second-order valence-corrected chi connectivity index (χ2v) is 6.63. The Morgan fingerprint density at radius 3 is 2.79 bits per heavy atom. The van der Waals surface area contributed by atoms with Gasteiger partial charge in [0, 0.05) is 0 Å². The molecule has 106 valence electrons. The van der Waals surface area contributed by atoms with E-state index in [1.165, 1.54) is 37.4 Å². The molecule has 1 aliphatic carbocycles. The molecule has 0 spiro atoms. The van der Waals surface area contributed by atoms with Crippen LogP contribution in [-0.4, -0.2) is 26.6 Å². The molecule has 0 aliphatic heterocycles. The summed E-state index contributed by atoms with van der Waals surface area (Å²) in [7, 11) is 0. The Balaban J connectivity index is 2.16. The third kappa shape index (κ3) is 4.00. The van der Waals surface area contributed by atoms with E-state index < -0.39 is 5.97 Å². The van der Waals surface area contributed by atoms with E-state index in [2.05, 4.69) is 24.6 Å². The van der Waals surface area contributed by atoms with Crippen LogP contribution in [0, 0.1) is 5.92 Å². The van der Waals surface area contributed by atoms with Crippen LogP contribution >= 0.6 is 11.8 Å². The third-order valence-corrected chi connectivity index (χ3v) is 4.38. The Labute approximate surface area is 118 Å². The lowest BCUT2D eigenvalue weighted by Gasteiger charge is -2.13. The molecule has 19 heavy (non-hydrogen) atoms. The van der Waals surface area contributed by atoms with E-state index in [1.54, 1.807) is 0 Å². The van der Waals surface area contributed by atoms with Crippen LogP contribution in [0.4, 0.5) is 0 Å². The molecule has 1 N–H and O–H groups in total. The molecule has 0 saturated heterocycles. The molecule has 2 rings (SSSR count). The predicted octanol–water partition coefficient (Wildman–Crippen LogP) is 3.37. The summed E-state index contributed by atoms with van der Waals surface area (Å²) in [6.45, 7) is 4.36. The van der Waals surface area contributed by atoms with Gasteiger partial charge in [0.1, 0.15) is 0 Å². The molecule has 0 aromatic carbocycles. The summed E-state index contributed by atoms with van der Waals surface area (Å²) in [4.78, 5) is 10.7. The van der Waals surface area contributed by atoms with Crippen LogP contribution in [0.15, 0.2) is 11.1 Å². The van der Waals surface area contributed by atoms with Crippen LogP contribution in [0.5, 0.6) is 0 Å². The maximum absolute atomic E-state index is 10.7. The second-order valence-electron chi connectivity index (χ2n) is 5.64. The van der Waals surface area contributed by atoms with Crippen molar-refractivity contribution >= 4 is 17.7 Å². The zero-order valence-corrected chi connectivity index (χ0v) is 12.4. The minimum atomic E-state index is -0.769. The van der Waals surface area contributed by atoms with Crippen LogP contribution in [0.3, 0.4) is 0 Å². The Morgan fingerprint density at radius 1 is 1.53 bits per heavy atom. The Bertz CT molecular complexity index is 437. The summed E-state index contributed by atoms with van der Waals surface area (Å²) in [6.07, 6.45) is 5.81. The second kappa shape index (κ2) is 6.46. The first-order valence-corrected chi connectivity index (χ1v) is 7.98. The highest BCUT2D eigenvalue weighted by atomic mass is 32.2. The smallest absolute Gasteiger partial charge is 0.313 e. The van der Waals surface area contributed by atoms with Gasteiger partial charge >= 0.3 is 5.97 Å². The zero-order valence-electron chi connectivity index (χ0n) is 11.6. The van der Waals surface area contributed by atoms with E-state index in [0.717, 1.165) is 17.1 Å². The van der Waals surface area contributed by atoms with Gasteiger partial charge in [0.15, 0.2) is 0 Å². The number of carboxylic acids is 1. The van der Waals surface area contributed by atoms with E-state index in [9.17, 15) is 4.79 Å². The lowest BCUT2D eigenvalue weighted by Crippen LogP contribution is -2.09.